The fourth-order valence-corrected chi connectivity index (χ4v) is 1.30. The third-order valence-corrected chi connectivity index (χ3v) is 2.36. The second-order valence-corrected chi connectivity index (χ2v) is 4.93. The Morgan fingerprint density at radius 2 is 2.08 bits per heavy atom. The van der Waals surface area contributed by atoms with Gasteiger partial charge >= 0.3 is 0 Å². The third kappa shape index (κ3) is 3.77. The molecule has 2 heteroatoms. The molecule has 13 heavy (non-hydrogen) atoms. The Hall–Kier alpha value is -0.560. The highest BCUT2D eigenvalue weighted by Gasteiger charge is 2.11. The highest BCUT2D eigenvalue weighted by atomic mass is 35.5. The van der Waals surface area contributed by atoms with Crippen LogP contribution in [0.1, 0.15) is 32.8 Å². The van der Waals surface area contributed by atoms with Gasteiger partial charge in [-0.2, -0.15) is 0 Å². The van der Waals surface area contributed by atoms with Crippen LogP contribution in [-0.2, 0) is 6.42 Å². The van der Waals surface area contributed by atoms with Crippen LogP contribution >= 0.6 is 11.6 Å². The van der Waals surface area contributed by atoms with Gasteiger partial charge in [0.1, 0.15) is 0 Å². The van der Waals surface area contributed by atoms with Crippen molar-refractivity contribution >= 4 is 11.6 Å². The van der Waals surface area contributed by atoms with E-state index in [9.17, 15) is 0 Å². The second-order valence-electron chi connectivity index (χ2n) is 4.53. The number of hydrogen-bond acceptors (Lipinski definition) is 1. The predicted octanol–water partition coefficient (Wildman–Crippen LogP) is 3.71. The van der Waals surface area contributed by atoms with Gasteiger partial charge < -0.3 is 0 Å². The van der Waals surface area contributed by atoms with E-state index in [1.54, 1.807) is 6.20 Å². The summed E-state index contributed by atoms with van der Waals surface area (Å²) >= 11 is 6.01. The second kappa shape index (κ2) is 4.10. The Morgan fingerprint density at radius 1 is 1.38 bits per heavy atom. The first-order chi connectivity index (χ1) is 5.99. The van der Waals surface area contributed by atoms with Gasteiger partial charge in [0.05, 0.1) is 0 Å². The molecule has 0 atom stereocenters. The van der Waals surface area contributed by atoms with Crippen molar-refractivity contribution in [2.45, 2.75) is 33.6 Å². The summed E-state index contributed by atoms with van der Waals surface area (Å²) in [5.74, 6) is 0. The molecule has 0 saturated carbocycles. The molecule has 1 aromatic rings. The number of pyridine rings is 1. The third-order valence-electron chi connectivity index (χ3n) is 1.99. The lowest BCUT2D eigenvalue weighted by Crippen LogP contribution is -2.06. The van der Waals surface area contributed by atoms with Crippen molar-refractivity contribution in [3.8, 4) is 0 Å². The van der Waals surface area contributed by atoms with Crippen molar-refractivity contribution in [1.82, 2.24) is 4.98 Å². The van der Waals surface area contributed by atoms with E-state index in [-0.39, 0.29) is 0 Å². The van der Waals surface area contributed by atoms with E-state index >= 15 is 0 Å². The zero-order valence-corrected chi connectivity index (χ0v) is 9.23. The summed E-state index contributed by atoms with van der Waals surface area (Å²) in [5.41, 5.74) is 1.51. The monoisotopic (exact) mass is 197 g/mol. The van der Waals surface area contributed by atoms with Gasteiger partial charge in [-0.1, -0.05) is 32.4 Å². The highest BCUT2D eigenvalue weighted by Crippen LogP contribution is 2.23. The molecular weight excluding hydrogens is 182 g/mol. The van der Waals surface area contributed by atoms with Crippen LogP contribution in [0.2, 0.25) is 5.02 Å². The van der Waals surface area contributed by atoms with Crippen LogP contribution in [0.3, 0.4) is 0 Å². The lowest BCUT2D eigenvalue weighted by Gasteiger charge is -2.17. The molecule has 0 spiro atoms. The molecule has 0 radical (unpaired) electrons. The molecule has 0 aliphatic heterocycles. The molecule has 1 rings (SSSR count). The molecule has 0 N–H and O–H groups in total. The molecule has 0 aromatic carbocycles. The van der Waals surface area contributed by atoms with E-state index in [0.717, 1.165) is 23.4 Å². The maximum Gasteiger partial charge on any atom is 0.0468 e. The summed E-state index contributed by atoms with van der Waals surface area (Å²) in [5, 5.41) is 0.833. The van der Waals surface area contributed by atoms with Crippen molar-refractivity contribution in [3.05, 3.63) is 29.0 Å². The molecule has 0 bridgehead atoms. The molecule has 0 unspecified atom stereocenters. The Balaban J connectivity index is 2.60. The molecule has 1 nitrogen and oxygen atoms in total. The van der Waals surface area contributed by atoms with Gasteiger partial charge in [0.25, 0.3) is 0 Å². The van der Waals surface area contributed by atoms with Crippen LogP contribution < -0.4 is 0 Å². The zero-order chi connectivity index (χ0) is 9.90. The summed E-state index contributed by atoms with van der Waals surface area (Å²) in [4.78, 5) is 4.06. The Kier molecular flexibility index (Phi) is 3.32. The number of halogens is 1. The van der Waals surface area contributed by atoms with Crippen LogP contribution in [0.25, 0.3) is 0 Å². The Labute approximate surface area is 85.1 Å². The number of rotatable bonds is 2. The molecule has 72 valence electrons. The summed E-state index contributed by atoms with van der Waals surface area (Å²) in [7, 11) is 0. The Morgan fingerprint density at radius 3 is 2.62 bits per heavy atom. The molecular formula is C11H16ClN. The maximum absolute atomic E-state index is 6.01. The minimum Gasteiger partial charge on any atom is -0.264 e. The lowest BCUT2D eigenvalue weighted by atomic mass is 9.89. The van der Waals surface area contributed by atoms with E-state index in [1.807, 2.05) is 12.3 Å². The molecule has 0 fully saturated rings. The smallest absolute Gasteiger partial charge is 0.0468 e. The fraction of sp³-hybridized carbons (Fsp3) is 0.545. The minimum atomic E-state index is 0.360. The van der Waals surface area contributed by atoms with E-state index in [2.05, 4.69) is 25.8 Å². The minimum absolute atomic E-state index is 0.360. The van der Waals surface area contributed by atoms with E-state index in [1.165, 1.54) is 0 Å². The van der Waals surface area contributed by atoms with Crippen molar-refractivity contribution in [3.63, 3.8) is 0 Å². The molecule has 0 aliphatic rings. The van der Waals surface area contributed by atoms with Gasteiger partial charge in [-0.25, -0.2) is 0 Å². The van der Waals surface area contributed by atoms with Gasteiger partial charge in [0, 0.05) is 17.4 Å². The summed E-state index contributed by atoms with van der Waals surface area (Å²) in [6.07, 6.45) is 5.73. The van der Waals surface area contributed by atoms with Crippen LogP contribution in [0, 0.1) is 5.41 Å². The first-order valence-corrected chi connectivity index (χ1v) is 4.95. The van der Waals surface area contributed by atoms with Crippen LogP contribution in [0.4, 0.5) is 0 Å². The maximum atomic E-state index is 6.01. The quantitative estimate of drug-likeness (QED) is 0.705. The van der Waals surface area contributed by atoms with Crippen LogP contribution in [0.15, 0.2) is 18.5 Å². The number of nitrogens with zero attached hydrogens (tertiary/aromatic N) is 1. The van der Waals surface area contributed by atoms with Crippen molar-refractivity contribution in [2.75, 3.05) is 0 Å². The molecule has 0 aliphatic carbocycles. The number of hydrogen-bond donors (Lipinski definition) is 0. The number of aryl methyl sites for hydroxylation is 1. The normalized spacial score (nSPS) is 11.7. The molecule has 1 heterocycles. The van der Waals surface area contributed by atoms with Gasteiger partial charge in [0.2, 0.25) is 0 Å². The average molecular weight is 198 g/mol. The average Bonchev–Trinajstić information content (AvgIpc) is 2.01. The molecule has 0 saturated heterocycles. The van der Waals surface area contributed by atoms with Gasteiger partial charge in [-0.15, -0.1) is 0 Å². The van der Waals surface area contributed by atoms with E-state index < -0.39 is 0 Å². The Bertz CT molecular complexity index is 276. The van der Waals surface area contributed by atoms with Crippen LogP contribution in [0.5, 0.6) is 0 Å². The van der Waals surface area contributed by atoms with Crippen molar-refractivity contribution in [2.24, 2.45) is 5.41 Å². The highest BCUT2D eigenvalue weighted by molar-refractivity contribution is 6.31. The molecule has 1 aromatic heterocycles. The summed E-state index contributed by atoms with van der Waals surface area (Å²) in [6.45, 7) is 6.70. The topological polar surface area (TPSA) is 12.9 Å². The molecule has 0 amide bonds. The summed E-state index contributed by atoms with van der Waals surface area (Å²) in [6, 6.07) is 1.85. The van der Waals surface area contributed by atoms with Crippen molar-refractivity contribution < 1.29 is 0 Å². The van der Waals surface area contributed by atoms with Crippen LogP contribution in [-0.4, -0.2) is 4.98 Å². The zero-order valence-electron chi connectivity index (χ0n) is 8.47. The standard InChI is InChI=1S/C11H16ClN/c1-11(2,3)6-4-9-8-13-7-5-10(9)12/h5,7-8H,4,6H2,1-3H3. The largest absolute Gasteiger partial charge is 0.264 e. The number of aromatic nitrogens is 1. The van der Waals surface area contributed by atoms with Gasteiger partial charge in [0.15, 0.2) is 0 Å². The first kappa shape index (κ1) is 10.5. The van der Waals surface area contributed by atoms with Crippen molar-refractivity contribution in [1.29, 1.82) is 0 Å². The van der Waals surface area contributed by atoms with Gasteiger partial charge in [-0.3, -0.25) is 4.98 Å². The van der Waals surface area contributed by atoms with Gasteiger partial charge in [-0.05, 0) is 29.9 Å². The first-order valence-electron chi connectivity index (χ1n) is 4.57. The summed E-state index contributed by atoms with van der Waals surface area (Å²) < 4.78 is 0. The lowest BCUT2D eigenvalue weighted by molar-refractivity contribution is 0.378. The predicted molar refractivity (Wildman–Crippen MR) is 57.0 cm³/mol. The fourth-order valence-electron chi connectivity index (χ4n) is 1.10. The van der Waals surface area contributed by atoms with E-state index in [0.29, 0.717) is 5.41 Å². The SMILES string of the molecule is CC(C)(C)CCc1cnccc1Cl. The van der Waals surface area contributed by atoms with E-state index in [4.69, 9.17) is 11.6 Å².